The van der Waals surface area contributed by atoms with Gasteiger partial charge in [-0.15, -0.1) is 0 Å². The summed E-state index contributed by atoms with van der Waals surface area (Å²) >= 11 is 0. The van der Waals surface area contributed by atoms with Crippen molar-refractivity contribution < 1.29 is 9.47 Å². The topological polar surface area (TPSA) is 61.4 Å². The van der Waals surface area contributed by atoms with Crippen LogP contribution in [-0.2, 0) is 13.1 Å². The van der Waals surface area contributed by atoms with Crippen molar-refractivity contribution in [1.29, 1.82) is 0 Å². The van der Waals surface area contributed by atoms with Gasteiger partial charge in [0.2, 0.25) is 0 Å². The summed E-state index contributed by atoms with van der Waals surface area (Å²) in [6, 6.07) is 14.6. The van der Waals surface area contributed by atoms with Crippen LogP contribution in [-0.4, -0.2) is 69.2 Å². The number of hydrogen-bond donors (Lipinski definition) is 2. The zero-order valence-electron chi connectivity index (χ0n) is 19.9. The third kappa shape index (κ3) is 6.87. The molecule has 1 aliphatic rings. The van der Waals surface area contributed by atoms with E-state index < -0.39 is 0 Å². The lowest BCUT2D eigenvalue weighted by molar-refractivity contribution is 0.132. The van der Waals surface area contributed by atoms with Crippen LogP contribution in [0.15, 0.2) is 47.5 Å². The number of benzene rings is 2. The van der Waals surface area contributed by atoms with Gasteiger partial charge in [-0.05, 0) is 36.7 Å². The van der Waals surface area contributed by atoms with Gasteiger partial charge in [0.15, 0.2) is 17.5 Å². The first-order valence-corrected chi connectivity index (χ1v) is 11.5. The van der Waals surface area contributed by atoms with Crippen LogP contribution in [0.3, 0.4) is 0 Å². The lowest BCUT2D eigenvalue weighted by Crippen LogP contribution is -2.45. The number of likely N-dealkylation sites (N-methyl/N-ethyl adjacent to an activating group) is 1. The maximum atomic E-state index is 5.58. The molecule has 1 fully saturated rings. The molecule has 0 amide bonds. The molecular weight excluding hydrogens is 402 g/mol. The first-order chi connectivity index (χ1) is 15.6. The van der Waals surface area contributed by atoms with Crippen molar-refractivity contribution in [1.82, 2.24) is 15.1 Å². The molecule has 2 aromatic rings. The first kappa shape index (κ1) is 23.9. The number of ether oxygens (including phenoxy) is 2. The number of piperazine rings is 1. The molecule has 7 nitrogen and oxygen atoms in total. The van der Waals surface area contributed by atoms with Crippen molar-refractivity contribution in [2.45, 2.75) is 26.9 Å². The minimum atomic E-state index is 0.598. The van der Waals surface area contributed by atoms with Crippen LogP contribution in [0.2, 0.25) is 0 Å². The average Bonchev–Trinajstić information content (AvgIpc) is 2.84. The number of aliphatic imine (C=N–C) groups is 1. The zero-order chi connectivity index (χ0) is 22.8. The summed E-state index contributed by atoms with van der Waals surface area (Å²) in [4.78, 5) is 9.38. The predicted octanol–water partition coefficient (Wildman–Crippen LogP) is 3.42. The van der Waals surface area contributed by atoms with Crippen LogP contribution >= 0.6 is 0 Å². The Balaban J connectivity index is 1.50. The maximum absolute atomic E-state index is 5.58. The highest BCUT2D eigenvalue weighted by Crippen LogP contribution is 2.30. The molecule has 1 saturated heterocycles. The summed E-state index contributed by atoms with van der Waals surface area (Å²) in [5, 5.41) is 6.68. The molecule has 0 saturated carbocycles. The molecule has 0 bridgehead atoms. The highest BCUT2D eigenvalue weighted by molar-refractivity contribution is 5.93. The zero-order valence-corrected chi connectivity index (χ0v) is 19.9. The van der Waals surface area contributed by atoms with Crippen LogP contribution in [0.1, 0.15) is 25.0 Å². The quantitative estimate of drug-likeness (QED) is 0.461. The largest absolute Gasteiger partial charge is 0.493 e. The molecule has 2 N–H and O–H groups in total. The van der Waals surface area contributed by atoms with E-state index in [4.69, 9.17) is 9.47 Å². The SMILES string of the molecule is CCOc1ccc(NC(=NC)NCc2ccc(CN3CCN(CC)CC3)cc2)cc1OC. The Labute approximate surface area is 192 Å². The molecule has 0 aromatic heterocycles. The van der Waals surface area contributed by atoms with Gasteiger partial charge >= 0.3 is 0 Å². The van der Waals surface area contributed by atoms with Crippen molar-refractivity contribution in [2.75, 3.05) is 58.8 Å². The van der Waals surface area contributed by atoms with E-state index >= 15 is 0 Å². The van der Waals surface area contributed by atoms with E-state index in [-0.39, 0.29) is 0 Å². The van der Waals surface area contributed by atoms with Gasteiger partial charge in [-0.25, -0.2) is 0 Å². The Morgan fingerprint density at radius 3 is 2.25 bits per heavy atom. The second-order valence-electron chi connectivity index (χ2n) is 7.88. The number of hydrogen-bond acceptors (Lipinski definition) is 5. The number of methoxy groups -OCH3 is 1. The molecule has 0 aliphatic carbocycles. The predicted molar refractivity (Wildman–Crippen MR) is 132 cm³/mol. The Hall–Kier alpha value is -2.77. The monoisotopic (exact) mass is 439 g/mol. The molecule has 1 heterocycles. The Bertz CT molecular complexity index is 861. The Morgan fingerprint density at radius 2 is 1.62 bits per heavy atom. The van der Waals surface area contributed by atoms with Crippen LogP contribution in [0.5, 0.6) is 11.5 Å². The van der Waals surface area contributed by atoms with E-state index in [0.717, 1.165) is 37.6 Å². The summed E-state index contributed by atoms with van der Waals surface area (Å²) in [5.74, 6) is 2.13. The van der Waals surface area contributed by atoms with E-state index in [1.807, 2.05) is 25.1 Å². The molecule has 174 valence electrons. The van der Waals surface area contributed by atoms with Crippen LogP contribution < -0.4 is 20.1 Å². The fourth-order valence-electron chi connectivity index (χ4n) is 3.81. The fourth-order valence-corrected chi connectivity index (χ4v) is 3.81. The van der Waals surface area contributed by atoms with Crippen molar-refractivity contribution in [3.63, 3.8) is 0 Å². The van der Waals surface area contributed by atoms with Crippen molar-refractivity contribution >= 4 is 11.6 Å². The lowest BCUT2D eigenvalue weighted by Gasteiger charge is -2.34. The van der Waals surface area contributed by atoms with Gasteiger partial charge in [-0.3, -0.25) is 9.89 Å². The highest BCUT2D eigenvalue weighted by Gasteiger charge is 2.15. The summed E-state index contributed by atoms with van der Waals surface area (Å²) in [5.41, 5.74) is 3.47. The molecular formula is C25H37N5O2. The van der Waals surface area contributed by atoms with E-state index in [1.54, 1.807) is 14.2 Å². The van der Waals surface area contributed by atoms with Crippen LogP contribution in [0, 0.1) is 0 Å². The molecule has 7 heteroatoms. The van der Waals surface area contributed by atoms with Crippen molar-refractivity contribution in [2.24, 2.45) is 4.99 Å². The van der Waals surface area contributed by atoms with E-state index in [1.165, 1.54) is 24.2 Å². The number of nitrogens with zero attached hydrogens (tertiary/aromatic N) is 3. The summed E-state index contributed by atoms with van der Waals surface area (Å²) in [6.07, 6.45) is 0. The molecule has 0 radical (unpaired) electrons. The highest BCUT2D eigenvalue weighted by atomic mass is 16.5. The molecule has 0 unspecified atom stereocenters. The number of anilines is 1. The van der Waals surface area contributed by atoms with Gasteiger partial charge in [0.25, 0.3) is 0 Å². The standard InChI is InChI=1S/C25H37N5O2/c1-5-29-13-15-30(16-14-29)19-21-9-7-20(8-10-21)18-27-25(26-3)28-22-11-12-23(32-6-2)24(17-22)31-4/h7-12,17H,5-6,13-16,18-19H2,1-4H3,(H2,26,27,28). The maximum Gasteiger partial charge on any atom is 0.195 e. The second kappa shape index (κ2) is 12.3. The normalized spacial score (nSPS) is 15.4. The van der Waals surface area contributed by atoms with Crippen molar-refractivity contribution in [3.05, 3.63) is 53.6 Å². The van der Waals surface area contributed by atoms with Gasteiger partial charge in [-0.2, -0.15) is 0 Å². The van der Waals surface area contributed by atoms with Crippen molar-refractivity contribution in [3.8, 4) is 11.5 Å². The van der Waals surface area contributed by atoms with Gasteiger partial charge < -0.3 is 25.0 Å². The fraction of sp³-hybridized carbons (Fsp3) is 0.480. The lowest BCUT2D eigenvalue weighted by atomic mass is 10.1. The molecule has 3 rings (SSSR count). The van der Waals surface area contributed by atoms with Crippen LogP contribution in [0.25, 0.3) is 0 Å². The average molecular weight is 440 g/mol. The van der Waals surface area contributed by atoms with Gasteiger partial charge in [-0.1, -0.05) is 31.2 Å². The molecule has 32 heavy (non-hydrogen) atoms. The first-order valence-electron chi connectivity index (χ1n) is 11.5. The van der Waals surface area contributed by atoms with E-state index in [2.05, 4.69) is 56.6 Å². The number of rotatable bonds is 9. The smallest absolute Gasteiger partial charge is 0.195 e. The molecule has 0 spiro atoms. The minimum Gasteiger partial charge on any atom is -0.493 e. The minimum absolute atomic E-state index is 0.598. The second-order valence-corrected chi connectivity index (χ2v) is 7.88. The molecule has 1 aliphatic heterocycles. The van der Waals surface area contributed by atoms with Gasteiger partial charge in [0.05, 0.1) is 13.7 Å². The third-order valence-corrected chi connectivity index (χ3v) is 5.75. The van der Waals surface area contributed by atoms with Crippen LogP contribution in [0.4, 0.5) is 5.69 Å². The summed E-state index contributed by atoms with van der Waals surface area (Å²) in [7, 11) is 3.41. The van der Waals surface area contributed by atoms with E-state index in [9.17, 15) is 0 Å². The Morgan fingerprint density at radius 1 is 0.938 bits per heavy atom. The molecule has 0 atom stereocenters. The Kier molecular flexibility index (Phi) is 9.19. The third-order valence-electron chi connectivity index (χ3n) is 5.75. The van der Waals surface area contributed by atoms with Gasteiger partial charge in [0, 0.05) is 58.1 Å². The number of nitrogens with one attached hydrogen (secondary N) is 2. The summed E-state index contributed by atoms with van der Waals surface area (Å²) < 4.78 is 11.0. The van der Waals surface area contributed by atoms with Gasteiger partial charge in [0.1, 0.15) is 0 Å². The molecule has 2 aromatic carbocycles. The summed E-state index contributed by atoms with van der Waals surface area (Å²) in [6.45, 7) is 12.3. The van der Waals surface area contributed by atoms with E-state index in [0.29, 0.717) is 24.9 Å². The number of guanidine groups is 1.